The average molecular weight is 300 g/mol. The third kappa shape index (κ3) is 3.48. The molecule has 0 radical (unpaired) electrons. The van der Waals surface area contributed by atoms with Crippen LogP contribution in [0.15, 0.2) is 41.3 Å². The van der Waals surface area contributed by atoms with E-state index in [1.54, 1.807) is 0 Å². The van der Waals surface area contributed by atoms with Crippen molar-refractivity contribution in [3.8, 4) is 0 Å². The Morgan fingerprint density at radius 3 is 2.10 bits per heavy atom. The van der Waals surface area contributed by atoms with Crippen LogP contribution in [0.4, 0.5) is 0 Å². The van der Waals surface area contributed by atoms with Crippen molar-refractivity contribution in [1.29, 1.82) is 0 Å². The van der Waals surface area contributed by atoms with Crippen molar-refractivity contribution in [1.82, 2.24) is 0 Å². The summed E-state index contributed by atoms with van der Waals surface area (Å²) in [6, 6.07) is 11.5. The Morgan fingerprint density at radius 1 is 0.952 bits per heavy atom. The van der Waals surface area contributed by atoms with Crippen LogP contribution in [0.1, 0.15) is 32.6 Å². The molecule has 2 rings (SSSR count). The van der Waals surface area contributed by atoms with Gasteiger partial charge in [-0.05, 0) is 50.5 Å². The van der Waals surface area contributed by atoms with Gasteiger partial charge in [-0.15, -0.1) is 0 Å². The van der Waals surface area contributed by atoms with E-state index in [1.165, 1.54) is 0 Å². The SMILES string of the molecule is Cc1cc(C)c(C(=O)CS(=O)c2ccccc2C)c(C)c1. The van der Waals surface area contributed by atoms with Crippen molar-refractivity contribution in [3.63, 3.8) is 0 Å². The molecule has 3 heteroatoms. The molecule has 0 bridgehead atoms. The molecule has 0 N–H and O–H groups in total. The largest absolute Gasteiger partial charge is 0.293 e. The Bertz CT molecular complexity index is 694. The Hall–Kier alpha value is -1.74. The number of carbonyl (C=O) groups excluding carboxylic acids is 1. The van der Waals surface area contributed by atoms with Gasteiger partial charge in [0.05, 0.1) is 16.6 Å². The normalized spacial score (nSPS) is 12.2. The minimum absolute atomic E-state index is 0.0373. The lowest BCUT2D eigenvalue weighted by molar-refractivity contribution is 0.102. The lowest BCUT2D eigenvalue weighted by atomic mass is 9.97. The molecule has 0 saturated heterocycles. The van der Waals surface area contributed by atoms with Crippen molar-refractivity contribution in [2.24, 2.45) is 0 Å². The highest BCUT2D eigenvalue weighted by Gasteiger charge is 2.17. The molecule has 2 aromatic carbocycles. The summed E-state index contributed by atoms with van der Waals surface area (Å²) in [5.74, 6) is -0.0122. The second-order valence-corrected chi connectivity index (χ2v) is 6.87. The number of aryl methyl sites for hydroxylation is 4. The Morgan fingerprint density at radius 2 is 1.52 bits per heavy atom. The van der Waals surface area contributed by atoms with Gasteiger partial charge in [-0.1, -0.05) is 35.9 Å². The average Bonchev–Trinajstić information content (AvgIpc) is 2.37. The maximum Gasteiger partial charge on any atom is 0.176 e. The molecule has 0 amide bonds. The number of hydrogen-bond acceptors (Lipinski definition) is 2. The molecule has 0 aliphatic carbocycles. The molecular formula is C18H20O2S. The standard InChI is InChI=1S/C18H20O2S/c1-12-9-14(3)18(15(4)10-12)16(19)11-21(20)17-8-6-5-7-13(17)2/h5-10H,11H2,1-4H3. The van der Waals surface area contributed by atoms with Gasteiger partial charge in [0, 0.05) is 10.5 Å². The van der Waals surface area contributed by atoms with E-state index in [2.05, 4.69) is 0 Å². The molecule has 0 heterocycles. The number of hydrogen-bond donors (Lipinski definition) is 0. The van der Waals surface area contributed by atoms with E-state index in [0.29, 0.717) is 5.56 Å². The van der Waals surface area contributed by atoms with Crippen LogP contribution >= 0.6 is 0 Å². The fourth-order valence-electron chi connectivity index (χ4n) is 2.70. The van der Waals surface area contributed by atoms with Gasteiger partial charge in [-0.25, -0.2) is 0 Å². The van der Waals surface area contributed by atoms with E-state index in [-0.39, 0.29) is 11.5 Å². The first-order valence-electron chi connectivity index (χ1n) is 6.95. The second-order valence-electron chi connectivity index (χ2n) is 5.45. The van der Waals surface area contributed by atoms with E-state index >= 15 is 0 Å². The molecule has 0 saturated carbocycles. The van der Waals surface area contributed by atoms with Gasteiger partial charge < -0.3 is 0 Å². The van der Waals surface area contributed by atoms with Gasteiger partial charge in [0.2, 0.25) is 0 Å². The van der Waals surface area contributed by atoms with Gasteiger partial charge in [0.1, 0.15) is 0 Å². The van der Waals surface area contributed by atoms with Gasteiger partial charge in [-0.2, -0.15) is 0 Å². The molecule has 1 atom stereocenters. The molecule has 1 unspecified atom stereocenters. The number of benzene rings is 2. The van der Waals surface area contributed by atoms with Gasteiger partial charge in [-0.3, -0.25) is 9.00 Å². The maximum atomic E-state index is 12.5. The summed E-state index contributed by atoms with van der Waals surface area (Å²) in [5, 5.41) is 0. The molecule has 21 heavy (non-hydrogen) atoms. The Balaban J connectivity index is 2.27. The first-order valence-corrected chi connectivity index (χ1v) is 8.27. The van der Waals surface area contributed by atoms with Crippen LogP contribution in [0, 0.1) is 27.7 Å². The Labute approximate surface area is 128 Å². The first kappa shape index (κ1) is 15.6. The third-order valence-corrected chi connectivity index (χ3v) is 5.03. The van der Waals surface area contributed by atoms with E-state index in [4.69, 9.17) is 0 Å². The molecule has 110 valence electrons. The first-order chi connectivity index (χ1) is 9.90. The summed E-state index contributed by atoms with van der Waals surface area (Å²) >= 11 is 0. The molecule has 2 nitrogen and oxygen atoms in total. The monoisotopic (exact) mass is 300 g/mol. The van der Waals surface area contributed by atoms with E-state index < -0.39 is 10.8 Å². The Kier molecular flexibility index (Phi) is 4.73. The molecule has 0 aliphatic rings. The van der Waals surface area contributed by atoms with Crippen LogP contribution in [-0.4, -0.2) is 15.7 Å². The predicted octanol–water partition coefficient (Wildman–Crippen LogP) is 3.91. The lowest BCUT2D eigenvalue weighted by Crippen LogP contribution is -2.14. The van der Waals surface area contributed by atoms with E-state index in [9.17, 15) is 9.00 Å². The number of Topliss-reactive ketones (excluding diaryl/α,β-unsaturated/α-hetero) is 1. The van der Waals surface area contributed by atoms with Gasteiger partial charge in [0.25, 0.3) is 0 Å². The number of carbonyl (C=O) groups is 1. The van der Waals surface area contributed by atoms with Crippen molar-refractivity contribution in [2.45, 2.75) is 32.6 Å². The van der Waals surface area contributed by atoms with Crippen LogP contribution in [0.2, 0.25) is 0 Å². The van der Waals surface area contributed by atoms with Crippen LogP contribution in [0.5, 0.6) is 0 Å². The molecular weight excluding hydrogens is 280 g/mol. The van der Waals surface area contributed by atoms with Crippen LogP contribution in [-0.2, 0) is 10.8 Å². The highest BCUT2D eigenvalue weighted by Crippen LogP contribution is 2.19. The highest BCUT2D eigenvalue weighted by molar-refractivity contribution is 7.85. The molecule has 2 aromatic rings. The third-order valence-electron chi connectivity index (χ3n) is 3.56. The fraction of sp³-hybridized carbons (Fsp3) is 0.278. The van der Waals surface area contributed by atoms with E-state index in [0.717, 1.165) is 27.1 Å². The zero-order valence-corrected chi connectivity index (χ0v) is 13.7. The quantitative estimate of drug-likeness (QED) is 0.802. The molecule has 0 spiro atoms. The lowest BCUT2D eigenvalue weighted by Gasteiger charge is -2.11. The summed E-state index contributed by atoms with van der Waals surface area (Å²) in [5.41, 5.74) is 4.73. The van der Waals surface area contributed by atoms with Crippen molar-refractivity contribution in [2.75, 3.05) is 5.75 Å². The number of rotatable bonds is 4. The second kappa shape index (κ2) is 6.35. The summed E-state index contributed by atoms with van der Waals surface area (Å²) in [6.45, 7) is 7.80. The predicted molar refractivity (Wildman–Crippen MR) is 87.4 cm³/mol. The minimum atomic E-state index is -1.30. The smallest absolute Gasteiger partial charge is 0.176 e. The van der Waals surface area contributed by atoms with Crippen LogP contribution in [0.25, 0.3) is 0 Å². The van der Waals surface area contributed by atoms with E-state index in [1.807, 2.05) is 64.1 Å². The summed E-state index contributed by atoms with van der Waals surface area (Å²) < 4.78 is 12.4. The molecule has 0 fully saturated rings. The zero-order valence-electron chi connectivity index (χ0n) is 12.9. The van der Waals surface area contributed by atoms with Gasteiger partial charge in [0.15, 0.2) is 5.78 Å². The molecule has 0 aliphatic heterocycles. The molecule has 0 aromatic heterocycles. The maximum absolute atomic E-state index is 12.5. The van der Waals surface area contributed by atoms with Crippen molar-refractivity contribution >= 4 is 16.6 Å². The minimum Gasteiger partial charge on any atom is -0.293 e. The number of ketones is 1. The van der Waals surface area contributed by atoms with Crippen molar-refractivity contribution in [3.05, 3.63) is 64.2 Å². The summed E-state index contributed by atoms with van der Waals surface area (Å²) in [6.07, 6.45) is 0. The zero-order chi connectivity index (χ0) is 15.6. The van der Waals surface area contributed by atoms with Crippen molar-refractivity contribution < 1.29 is 9.00 Å². The topological polar surface area (TPSA) is 34.1 Å². The summed E-state index contributed by atoms with van der Waals surface area (Å²) in [7, 11) is -1.30. The van der Waals surface area contributed by atoms with Gasteiger partial charge >= 0.3 is 0 Å². The highest BCUT2D eigenvalue weighted by atomic mass is 32.2. The summed E-state index contributed by atoms with van der Waals surface area (Å²) in [4.78, 5) is 13.2. The van der Waals surface area contributed by atoms with Crippen LogP contribution in [0.3, 0.4) is 0 Å². The van der Waals surface area contributed by atoms with Crippen LogP contribution < -0.4 is 0 Å². The fourth-order valence-corrected chi connectivity index (χ4v) is 3.90.